The molecule has 2 atom stereocenters. The fourth-order valence-corrected chi connectivity index (χ4v) is 5.18. The predicted molar refractivity (Wildman–Crippen MR) is 141 cm³/mol. The molecule has 0 unspecified atom stereocenters. The second-order valence-electron chi connectivity index (χ2n) is 9.15. The Kier molecular flexibility index (Phi) is 6.77. The zero-order valence-electron chi connectivity index (χ0n) is 20.8. The van der Waals surface area contributed by atoms with E-state index in [0.717, 1.165) is 53.2 Å². The molecule has 0 aromatic heterocycles. The van der Waals surface area contributed by atoms with E-state index in [2.05, 4.69) is 6.08 Å². The van der Waals surface area contributed by atoms with E-state index >= 15 is 0 Å². The second kappa shape index (κ2) is 10.3. The van der Waals surface area contributed by atoms with Crippen molar-refractivity contribution in [3.63, 3.8) is 0 Å². The lowest BCUT2D eigenvalue weighted by Gasteiger charge is -2.30. The Morgan fingerprint density at radius 3 is 2.16 bits per heavy atom. The highest BCUT2D eigenvalue weighted by atomic mass is 16.5. The number of hydrogen-bond acceptors (Lipinski definition) is 5. The molecule has 0 bridgehead atoms. The molecule has 7 nitrogen and oxygen atoms in total. The van der Waals surface area contributed by atoms with E-state index in [-0.39, 0.29) is 23.1 Å². The highest BCUT2D eigenvalue weighted by Crippen LogP contribution is 2.45. The number of rotatable bonds is 6. The lowest BCUT2D eigenvalue weighted by atomic mass is 9.77. The van der Waals surface area contributed by atoms with Crippen LogP contribution >= 0.6 is 0 Å². The van der Waals surface area contributed by atoms with Crippen molar-refractivity contribution in [3.8, 4) is 11.5 Å². The summed E-state index contributed by atoms with van der Waals surface area (Å²) in [5.41, 5.74) is 4.01. The van der Waals surface area contributed by atoms with Gasteiger partial charge in [-0.25, -0.2) is 9.80 Å². The molecule has 37 heavy (non-hydrogen) atoms. The number of carboxylic acid groups (broad SMARTS) is 1. The number of allylic oxidation sites excluding steroid dienone is 1. The summed E-state index contributed by atoms with van der Waals surface area (Å²) in [6, 6.07) is 21.4. The molecular formula is C30H28N2O5. The highest BCUT2D eigenvalue weighted by Gasteiger charge is 2.44. The van der Waals surface area contributed by atoms with Gasteiger partial charge in [0.1, 0.15) is 11.5 Å². The van der Waals surface area contributed by atoms with Gasteiger partial charge in [0.15, 0.2) is 0 Å². The summed E-state index contributed by atoms with van der Waals surface area (Å²) < 4.78 is 10.6. The third-order valence-corrected chi connectivity index (χ3v) is 7.01. The summed E-state index contributed by atoms with van der Waals surface area (Å²) in [5, 5.41) is 16.1. The number of hydrogen-bond donors (Lipinski definition) is 1. The minimum Gasteiger partial charge on any atom is -0.497 e. The van der Waals surface area contributed by atoms with E-state index in [0.29, 0.717) is 0 Å². The number of hydrazone groups is 1. The number of carbonyl (C=O) groups excluding carboxylic acids is 1. The minimum atomic E-state index is -1.14. The molecule has 1 N–H and O–H groups in total. The van der Waals surface area contributed by atoms with Gasteiger partial charge >= 0.3 is 5.97 Å². The van der Waals surface area contributed by atoms with Crippen molar-refractivity contribution in [1.29, 1.82) is 0 Å². The Morgan fingerprint density at radius 1 is 0.919 bits per heavy atom. The van der Waals surface area contributed by atoms with Crippen LogP contribution in [0.3, 0.4) is 0 Å². The smallest absolute Gasteiger partial charge is 0.336 e. The van der Waals surface area contributed by atoms with Gasteiger partial charge in [-0.3, -0.25) is 4.79 Å². The molecule has 1 fully saturated rings. The molecule has 1 saturated carbocycles. The van der Waals surface area contributed by atoms with Crippen molar-refractivity contribution >= 4 is 23.7 Å². The van der Waals surface area contributed by atoms with Crippen LogP contribution in [0.5, 0.6) is 11.5 Å². The summed E-state index contributed by atoms with van der Waals surface area (Å²) in [5.74, 6) is -0.0672. The molecule has 188 valence electrons. The Morgan fingerprint density at radius 2 is 1.54 bits per heavy atom. The van der Waals surface area contributed by atoms with Crippen LogP contribution in [0.15, 0.2) is 83.5 Å². The van der Waals surface area contributed by atoms with Crippen LogP contribution in [0.1, 0.15) is 57.1 Å². The number of carboxylic acids is 1. The fraction of sp³-hybridized carbons (Fsp3) is 0.233. The third-order valence-electron chi connectivity index (χ3n) is 7.01. The number of methoxy groups -OCH3 is 2. The number of aromatic carboxylic acids is 1. The molecule has 7 heteroatoms. The molecule has 0 radical (unpaired) electrons. The van der Waals surface area contributed by atoms with Gasteiger partial charge in [0.2, 0.25) is 0 Å². The number of benzene rings is 3. The lowest BCUT2D eigenvalue weighted by molar-refractivity contribution is 0.0646. The molecule has 0 spiro atoms. The number of nitrogens with zero attached hydrogens (tertiary/aromatic N) is 2. The molecule has 3 aromatic carbocycles. The summed E-state index contributed by atoms with van der Waals surface area (Å²) in [6.45, 7) is 0. The van der Waals surface area contributed by atoms with Crippen molar-refractivity contribution in [2.24, 2.45) is 11.0 Å². The van der Waals surface area contributed by atoms with Crippen LogP contribution in [0, 0.1) is 5.92 Å². The molecule has 5 rings (SSSR count). The van der Waals surface area contributed by atoms with Gasteiger partial charge in [0.25, 0.3) is 5.91 Å². The molecule has 0 saturated heterocycles. The van der Waals surface area contributed by atoms with E-state index in [1.54, 1.807) is 32.4 Å². The van der Waals surface area contributed by atoms with Gasteiger partial charge in [-0.15, -0.1) is 0 Å². The van der Waals surface area contributed by atoms with Crippen LogP contribution in [0.25, 0.3) is 6.08 Å². The highest BCUT2D eigenvalue weighted by molar-refractivity contribution is 6.10. The van der Waals surface area contributed by atoms with Gasteiger partial charge in [-0.2, -0.15) is 5.10 Å². The summed E-state index contributed by atoms with van der Waals surface area (Å²) in [6.07, 6.45) is 4.81. The molecular weight excluding hydrogens is 468 g/mol. The van der Waals surface area contributed by atoms with E-state index in [1.807, 2.05) is 48.5 Å². The first-order valence-corrected chi connectivity index (χ1v) is 12.2. The summed E-state index contributed by atoms with van der Waals surface area (Å²) in [7, 11) is 3.25. The van der Waals surface area contributed by atoms with Gasteiger partial charge in [0, 0.05) is 5.92 Å². The van der Waals surface area contributed by atoms with Crippen LogP contribution in [-0.2, 0) is 0 Å². The third kappa shape index (κ3) is 4.72. The molecule has 1 aliphatic carbocycles. The van der Waals surface area contributed by atoms with Crippen molar-refractivity contribution in [1.82, 2.24) is 5.01 Å². The Bertz CT molecular complexity index is 1380. The zero-order chi connectivity index (χ0) is 25.9. The zero-order valence-corrected chi connectivity index (χ0v) is 20.8. The number of fused-ring (bicyclic) bond motifs is 1. The van der Waals surface area contributed by atoms with E-state index < -0.39 is 11.9 Å². The average molecular weight is 497 g/mol. The Hall–Kier alpha value is -4.39. The fourth-order valence-electron chi connectivity index (χ4n) is 5.18. The van der Waals surface area contributed by atoms with Crippen LogP contribution in [0.4, 0.5) is 0 Å². The predicted octanol–water partition coefficient (Wildman–Crippen LogP) is 5.84. The molecule has 3 aromatic rings. The number of amides is 1. The number of carbonyl (C=O) groups is 2. The van der Waals surface area contributed by atoms with E-state index in [9.17, 15) is 14.7 Å². The maximum absolute atomic E-state index is 13.9. The van der Waals surface area contributed by atoms with Crippen molar-refractivity contribution in [2.45, 2.75) is 25.3 Å². The van der Waals surface area contributed by atoms with Gasteiger partial charge in [0.05, 0.1) is 37.1 Å². The van der Waals surface area contributed by atoms with Crippen molar-refractivity contribution in [3.05, 3.63) is 101 Å². The van der Waals surface area contributed by atoms with Gasteiger partial charge in [-0.05, 0) is 78.4 Å². The topological polar surface area (TPSA) is 88.4 Å². The quantitative estimate of drug-likeness (QED) is 0.463. The van der Waals surface area contributed by atoms with Crippen LogP contribution in [0.2, 0.25) is 0 Å². The van der Waals surface area contributed by atoms with Crippen molar-refractivity contribution in [2.75, 3.05) is 14.2 Å². The van der Waals surface area contributed by atoms with Crippen LogP contribution < -0.4 is 9.47 Å². The SMILES string of the molecule is COc1ccc(/C=C2\CCC[C@H]3C2=NN(C(=O)c2ccccc2C(=O)O)[C@@H]3c2ccc(OC)cc2)cc1. The monoisotopic (exact) mass is 496 g/mol. The Balaban J connectivity index is 1.59. The minimum absolute atomic E-state index is 0.00687. The first kappa shape index (κ1) is 24.3. The first-order valence-electron chi connectivity index (χ1n) is 12.2. The maximum atomic E-state index is 13.9. The summed E-state index contributed by atoms with van der Waals surface area (Å²) in [4.78, 5) is 25.7. The Labute approximate surface area is 215 Å². The molecule has 1 aliphatic heterocycles. The number of ether oxygens (including phenoxy) is 2. The lowest BCUT2D eigenvalue weighted by Crippen LogP contribution is -2.32. The van der Waals surface area contributed by atoms with E-state index in [1.165, 1.54) is 11.1 Å². The first-order chi connectivity index (χ1) is 18.0. The van der Waals surface area contributed by atoms with Gasteiger partial charge in [-0.1, -0.05) is 36.4 Å². The van der Waals surface area contributed by atoms with E-state index in [4.69, 9.17) is 14.6 Å². The maximum Gasteiger partial charge on any atom is 0.336 e. The second-order valence-corrected chi connectivity index (χ2v) is 9.15. The normalized spacial score (nSPS) is 19.8. The largest absolute Gasteiger partial charge is 0.497 e. The molecule has 2 aliphatic rings. The van der Waals surface area contributed by atoms with Crippen molar-refractivity contribution < 1.29 is 24.2 Å². The molecule has 1 heterocycles. The summed E-state index contributed by atoms with van der Waals surface area (Å²) >= 11 is 0. The van der Waals surface area contributed by atoms with Gasteiger partial charge < -0.3 is 14.6 Å². The standard InChI is InChI=1S/C30H28N2O5/c1-36-22-14-10-19(11-15-22)18-21-6-5-9-26-27(21)31-32(28(26)20-12-16-23(37-2)17-13-20)29(33)24-7-3-4-8-25(24)30(34)35/h3-4,7-8,10-18,26,28H,5-6,9H2,1-2H3,(H,34,35)/b21-18+/t26-,28+/m0/s1. The molecule has 1 amide bonds. The average Bonchev–Trinajstić information content (AvgIpc) is 3.33. The van der Waals surface area contributed by atoms with Crippen LogP contribution in [-0.4, -0.2) is 41.9 Å².